The fourth-order valence-corrected chi connectivity index (χ4v) is 3.81. The zero-order valence-electron chi connectivity index (χ0n) is 17.1. The fourth-order valence-electron chi connectivity index (χ4n) is 3.32. The summed E-state index contributed by atoms with van der Waals surface area (Å²) >= 11 is 1.92. The van der Waals surface area contributed by atoms with Gasteiger partial charge in [-0.3, -0.25) is 9.89 Å². The average Bonchev–Trinajstić information content (AvgIpc) is 2.71. The molecule has 27 heavy (non-hydrogen) atoms. The summed E-state index contributed by atoms with van der Waals surface area (Å²) in [6.07, 6.45) is 5.79. The van der Waals surface area contributed by atoms with Crippen LogP contribution in [0.3, 0.4) is 0 Å². The first-order valence-corrected chi connectivity index (χ1v) is 11.6. The van der Waals surface area contributed by atoms with Crippen LogP contribution < -0.4 is 10.6 Å². The number of aliphatic imine (C=N–C) groups is 1. The molecule has 0 saturated carbocycles. The fraction of sp³-hybridized carbons (Fsp3) is 0.667. The zero-order valence-corrected chi connectivity index (χ0v) is 17.9. The van der Waals surface area contributed by atoms with Crippen LogP contribution in [-0.4, -0.2) is 80.6 Å². The van der Waals surface area contributed by atoms with Gasteiger partial charge in [0.25, 0.3) is 0 Å². The van der Waals surface area contributed by atoms with Crippen molar-refractivity contribution in [2.75, 3.05) is 64.9 Å². The monoisotopic (exact) mass is 391 g/mol. The van der Waals surface area contributed by atoms with E-state index in [9.17, 15) is 0 Å². The Morgan fingerprint density at radius 3 is 2.30 bits per heavy atom. The molecule has 1 aliphatic rings. The van der Waals surface area contributed by atoms with Crippen LogP contribution in [0.4, 0.5) is 0 Å². The highest BCUT2D eigenvalue weighted by Gasteiger charge is 2.16. The number of benzene rings is 1. The summed E-state index contributed by atoms with van der Waals surface area (Å²) in [5.41, 5.74) is 1.42. The van der Waals surface area contributed by atoms with Gasteiger partial charge in [0, 0.05) is 52.9 Å². The smallest absolute Gasteiger partial charge is 0.190 e. The summed E-state index contributed by atoms with van der Waals surface area (Å²) in [6.45, 7) is 8.91. The van der Waals surface area contributed by atoms with Crippen molar-refractivity contribution < 1.29 is 0 Å². The predicted octanol–water partition coefficient (Wildman–Crippen LogP) is 2.50. The van der Waals surface area contributed by atoms with Crippen molar-refractivity contribution in [3.8, 4) is 0 Å². The molecule has 0 aliphatic carbocycles. The molecule has 5 nitrogen and oxygen atoms in total. The number of nitrogens with zero attached hydrogens (tertiary/aromatic N) is 3. The Labute approximate surface area is 170 Å². The SMILES string of the molecule is CN=C(NCCCCSC)NCCCN1CCN(Cc2ccccc2)CC1. The van der Waals surface area contributed by atoms with E-state index in [1.54, 1.807) is 0 Å². The highest BCUT2D eigenvalue weighted by molar-refractivity contribution is 7.98. The Kier molecular flexibility index (Phi) is 11.3. The molecule has 0 bridgehead atoms. The molecule has 1 aliphatic heterocycles. The lowest BCUT2D eigenvalue weighted by atomic mass is 10.2. The minimum absolute atomic E-state index is 0.937. The van der Waals surface area contributed by atoms with Gasteiger partial charge in [0.15, 0.2) is 5.96 Å². The van der Waals surface area contributed by atoms with Crippen LogP contribution in [0.5, 0.6) is 0 Å². The highest BCUT2D eigenvalue weighted by Crippen LogP contribution is 2.08. The van der Waals surface area contributed by atoms with Crippen LogP contribution in [0.15, 0.2) is 35.3 Å². The molecule has 1 saturated heterocycles. The van der Waals surface area contributed by atoms with Crippen molar-refractivity contribution in [2.45, 2.75) is 25.8 Å². The molecule has 0 unspecified atom stereocenters. The Morgan fingerprint density at radius 2 is 1.63 bits per heavy atom. The summed E-state index contributed by atoms with van der Waals surface area (Å²) < 4.78 is 0. The van der Waals surface area contributed by atoms with E-state index in [1.165, 1.54) is 50.3 Å². The number of rotatable bonds is 11. The first-order chi connectivity index (χ1) is 13.3. The molecule has 2 rings (SSSR count). The van der Waals surface area contributed by atoms with Crippen molar-refractivity contribution in [3.05, 3.63) is 35.9 Å². The van der Waals surface area contributed by atoms with Gasteiger partial charge in [0.2, 0.25) is 0 Å². The lowest BCUT2D eigenvalue weighted by Gasteiger charge is -2.34. The van der Waals surface area contributed by atoms with Gasteiger partial charge in [-0.2, -0.15) is 11.8 Å². The Hall–Kier alpha value is -1.24. The number of guanidine groups is 1. The molecule has 6 heteroatoms. The third-order valence-electron chi connectivity index (χ3n) is 4.95. The molecule has 0 amide bonds. The second-order valence-electron chi connectivity index (χ2n) is 7.08. The van der Waals surface area contributed by atoms with Crippen molar-refractivity contribution in [1.29, 1.82) is 0 Å². The number of hydrogen-bond donors (Lipinski definition) is 2. The van der Waals surface area contributed by atoms with Crippen molar-refractivity contribution >= 4 is 17.7 Å². The molecule has 0 atom stereocenters. The molecule has 0 radical (unpaired) electrons. The maximum absolute atomic E-state index is 4.31. The minimum atomic E-state index is 0.937. The number of nitrogens with one attached hydrogen (secondary N) is 2. The molecule has 1 fully saturated rings. The maximum Gasteiger partial charge on any atom is 0.190 e. The summed E-state index contributed by atoms with van der Waals surface area (Å²) in [5, 5.41) is 6.84. The quantitative estimate of drug-likeness (QED) is 0.345. The number of hydrogen-bond acceptors (Lipinski definition) is 4. The van der Waals surface area contributed by atoms with Gasteiger partial charge in [-0.1, -0.05) is 30.3 Å². The van der Waals surface area contributed by atoms with Crippen LogP contribution in [0.2, 0.25) is 0 Å². The minimum Gasteiger partial charge on any atom is -0.356 e. The van der Waals surface area contributed by atoms with Gasteiger partial charge in [0.1, 0.15) is 0 Å². The van der Waals surface area contributed by atoms with Crippen molar-refractivity contribution in [2.24, 2.45) is 4.99 Å². The standard InChI is InChI=1S/C21H37N5S/c1-22-21(23-11-6-7-18-27-2)24-12-8-13-25-14-16-26(17-15-25)19-20-9-4-3-5-10-20/h3-5,9-10H,6-8,11-19H2,1-2H3,(H2,22,23,24). The van der Waals surface area contributed by atoms with Crippen molar-refractivity contribution in [3.63, 3.8) is 0 Å². The second-order valence-corrected chi connectivity index (χ2v) is 8.07. The summed E-state index contributed by atoms with van der Waals surface area (Å²) in [4.78, 5) is 9.46. The van der Waals surface area contributed by atoms with Gasteiger partial charge in [0.05, 0.1) is 0 Å². The molecule has 2 N–H and O–H groups in total. The Bertz CT molecular complexity index is 515. The van der Waals surface area contributed by atoms with Gasteiger partial charge in [-0.05, 0) is 43.4 Å². The molecule has 0 aromatic heterocycles. The number of unbranched alkanes of at least 4 members (excludes halogenated alkanes) is 1. The van der Waals surface area contributed by atoms with Gasteiger partial charge in [-0.25, -0.2) is 0 Å². The Balaban J connectivity index is 1.51. The van der Waals surface area contributed by atoms with Gasteiger partial charge < -0.3 is 15.5 Å². The summed E-state index contributed by atoms with van der Waals surface area (Å²) in [6, 6.07) is 10.8. The molecule has 152 valence electrons. The highest BCUT2D eigenvalue weighted by atomic mass is 32.2. The molecule has 1 heterocycles. The van der Waals surface area contributed by atoms with E-state index < -0.39 is 0 Å². The zero-order chi connectivity index (χ0) is 19.2. The van der Waals surface area contributed by atoms with Crippen LogP contribution in [0.25, 0.3) is 0 Å². The first-order valence-electron chi connectivity index (χ1n) is 10.2. The van der Waals surface area contributed by atoms with E-state index in [1.807, 2.05) is 18.8 Å². The molecule has 1 aromatic carbocycles. The lowest BCUT2D eigenvalue weighted by Crippen LogP contribution is -2.46. The van der Waals surface area contributed by atoms with E-state index in [0.29, 0.717) is 0 Å². The summed E-state index contributed by atoms with van der Waals surface area (Å²) in [5.74, 6) is 2.18. The largest absolute Gasteiger partial charge is 0.356 e. The van der Waals surface area contributed by atoms with E-state index in [-0.39, 0.29) is 0 Å². The van der Waals surface area contributed by atoms with E-state index >= 15 is 0 Å². The Morgan fingerprint density at radius 1 is 0.963 bits per heavy atom. The lowest BCUT2D eigenvalue weighted by molar-refractivity contribution is 0.126. The number of piperazine rings is 1. The average molecular weight is 392 g/mol. The summed E-state index contributed by atoms with van der Waals surface area (Å²) in [7, 11) is 1.85. The van der Waals surface area contributed by atoms with Crippen LogP contribution in [0, 0.1) is 0 Å². The van der Waals surface area contributed by atoms with Crippen molar-refractivity contribution in [1.82, 2.24) is 20.4 Å². The molecular formula is C21H37N5S. The maximum atomic E-state index is 4.31. The molecule has 0 spiro atoms. The van der Waals surface area contributed by atoms with E-state index in [4.69, 9.17) is 0 Å². The van der Waals surface area contributed by atoms with Gasteiger partial charge >= 0.3 is 0 Å². The third kappa shape index (κ3) is 9.49. The predicted molar refractivity (Wildman–Crippen MR) is 120 cm³/mol. The van der Waals surface area contributed by atoms with Gasteiger partial charge in [-0.15, -0.1) is 0 Å². The van der Waals surface area contributed by atoms with Crippen LogP contribution in [0.1, 0.15) is 24.8 Å². The second kappa shape index (κ2) is 13.9. The first kappa shape index (κ1) is 22.1. The third-order valence-corrected chi connectivity index (χ3v) is 5.65. The van der Waals surface area contributed by atoms with E-state index in [2.05, 4.69) is 62.0 Å². The van der Waals surface area contributed by atoms with Crippen LogP contribution >= 0.6 is 11.8 Å². The van der Waals surface area contributed by atoms with Crippen LogP contribution in [-0.2, 0) is 6.54 Å². The van der Waals surface area contributed by atoms with E-state index in [0.717, 1.165) is 38.6 Å². The number of thioether (sulfide) groups is 1. The molecular weight excluding hydrogens is 354 g/mol. The molecule has 1 aromatic rings. The topological polar surface area (TPSA) is 42.9 Å². The normalized spacial score (nSPS) is 16.4.